The van der Waals surface area contributed by atoms with Crippen LogP contribution < -0.4 is 9.47 Å². The lowest BCUT2D eigenvalue weighted by atomic mass is 9.88. The van der Waals surface area contributed by atoms with Crippen LogP contribution in [0.15, 0.2) is 46.9 Å². The summed E-state index contributed by atoms with van der Waals surface area (Å²) < 4.78 is 11.4. The van der Waals surface area contributed by atoms with E-state index in [2.05, 4.69) is 15.9 Å². The van der Waals surface area contributed by atoms with Crippen molar-refractivity contribution < 1.29 is 14.6 Å². The molecule has 2 rings (SSSR count). The molecule has 1 unspecified atom stereocenters. The number of rotatable bonds is 4. The zero-order valence-electron chi connectivity index (χ0n) is 11.7. The molecule has 0 aliphatic heterocycles. The number of halogens is 1. The summed E-state index contributed by atoms with van der Waals surface area (Å²) in [5.74, 6) is 1.23. The van der Waals surface area contributed by atoms with Crippen molar-refractivity contribution in [3.05, 3.63) is 58.1 Å². The minimum atomic E-state index is -1.13. The van der Waals surface area contributed by atoms with Crippen LogP contribution in [0.3, 0.4) is 0 Å². The zero-order valence-corrected chi connectivity index (χ0v) is 13.3. The van der Waals surface area contributed by atoms with E-state index < -0.39 is 5.60 Å². The van der Waals surface area contributed by atoms with Crippen LogP contribution in [0.1, 0.15) is 18.1 Å². The monoisotopic (exact) mass is 336 g/mol. The van der Waals surface area contributed by atoms with Crippen molar-refractivity contribution in [2.45, 2.75) is 12.5 Å². The average Bonchev–Trinajstić information content (AvgIpc) is 2.46. The van der Waals surface area contributed by atoms with Gasteiger partial charge in [-0.3, -0.25) is 0 Å². The van der Waals surface area contributed by atoms with Crippen LogP contribution in [0.5, 0.6) is 11.5 Å². The smallest absolute Gasteiger partial charge is 0.161 e. The Morgan fingerprint density at radius 3 is 2.25 bits per heavy atom. The number of hydrogen-bond acceptors (Lipinski definition) is 3. The van der Waals surface area contributed by atoms with Crippen molar-refractivity contribution in [3.63, 3.8) is 0 Å². The van der Waals surface area contributed by atoms with Gasteiger partial charge in [-0.1, -0.05) is 40.2 Å². The number of methoxy groups -OCH3 is 2. The van der Waals surface area contributed by atoms with Gasteiger partial charge in [0.05, 0.1) is 14.2 Å². The molecule has 0 radical (unpaired) electrons. The van der Waals surface area contributed by atoms with Gasteiger partial charge in [0, 0.05) is 10.0 Å². The van der Waals surface area contributed by atoms with Crippen molar-refractivity contribution in [2.75, 3.05) is 14.2 Å². The van der Waals surface area contributed by atoms with Crippen LogP contribution >= 0.6 is 15.9 Å². The maximum atomic E-state index is 10.9. The fourth-order valence-electron chi connectivity index (χ4n) is 2.15. The molecule has 0 spiro atoms. The Bertz CT molecular complexity index is 608. The molecule has 0 heterocycles. The van der Waals surface area contributed by atoms with Crippen LogP contribution in [0.25, 0.3) is 0 Å². The lowest BCUT2D eigenvalue weighted by Crippen LogP contribution is -2.23. The van der Waals surface area contributed by atoms with Crippen molar-refractivity contribution >= 4 is 15.9 Å². The van der Waals surface area contributed by atoms with Crippen molar-refractivity contribution in [3.8, 4) is 11.5 Å². The maximum Gasteiger partial charge on any atom is 0.161 e. The van der Waals surface area contributed by atoms with E-state index in [0.29, 0.717) is 11.5 Å². The molecule has 0 saturated carbocycles. The Morgan fingerprint density at radius 2 is 1.65 bits per heavy atom. The van der Waals surface area contributed by atoms with Crippen molar-refractivity contribution in [2.24, 2.45) is 0 Å². The first-order valence-electron chi connectivity index (χ1n) is 6.20. The van der Waals surface area contributed by atoms with Crippen LogP contribution in [-0.2, 0) is 5.60 Å². The van der Waals surface area contributed by atoms with E-state index in [1.165, 1.54) is 0 Å². The average molecular weight is 337 g/mol. The predicted molar refractivity (Wildman–Crippen MR) is 82.4 cm³/mol. The fourth-order valence-corrected chi connectivity index (χ4v) is 2.82. The van der Waals surface area contributed by atoms with Gasteiger partial charge in [-0.2, -0.15) is 0 Å². The van der Waals surface area contributed by atoms with Crippen molar-refractivity contribution in [1.29, 1.82) is 0 Å². The summed E-state index contributed by atoms with van der Waals surface area (Å²) in [6, 6.07) is 13.0. The third kappa shape index (κ3) is 2.67. The second-order valence-corrected chi connectivity index (χ2v) is 5.48. The highest BCUT2D eigenvalue weighted by Crippen LogP contribution is 2.37. The lowest BCUT2D eigenvalue weighted by molar-refractivity contribution is 0.101. The van der Waals surface area contributed by atoms with Crippen LogP contribution in [0.4, 0.5) is 0 Å². The van der Waals surface area contributed by atoms with E-state index in [1.807, 2.05) is 30.3 Å². The van der Waals surface area contributed by atoms with E-state index in [9.17, 15) is 5.11 Å². The first-order chi connectivity index (χ1) is 9.50. The molecule has 2 aromatic carbocycles. The van der Waals surface area contributed by atoms with Gasteiger partial charge in [0.1, 0.15) is 5.60 Å². The highest BCUT2D eigenvalue weighted by atomic mass is 79.9. The fraction of sp³-hybridized carbons (Fsp3) is 0.250. The standard InChI is InChI=1S/C16H17BrO3/c1-16(18,12-6-4-5-7-13(12)17)11-8-9-14(19-2)15(10-11)20-3/h4-10,18H,1-3H3. The molecule has 1 atom stereocenters. The van der Waals surface area contributed by atoms with Crippen LogP contribution in [-0.4, -0.2) is 19.3 Å². The number of ether oxygens (including phenoxy) is 2. The summed E-state index contributed by atoms with van der Waals surface area (Å²) in [5, 5.41) is 10.9. The SMILES string of the molecule is COc1ccc(C(C)(O)c2ccccc2Br)cc1OC. The molecule has 2 aromatic rings. The Kier molecular flexibility index (Phi) is 4.35. The quantitative estimate of drug-likeness (QED) is 0.924. The minimum absolute atomic E-state index is 0.595. The molecule has 0 saturated heterocycles. The Hall–Kier alpha value is -1.52. The third-order valence-electron chi connectivity index (χ3n) is 3.34. The second kappa shape index (κ2) is 5.85. The molecule has 4 heteroatoms. The molecule has 0 bridgehead atoms. The second-order valence-electron chi connectivity index (χ2n) is 4.62. The van der Waals surface area contributed by atoms with Gasteiger partial charge >= 0.3 is 0 Å². The molecule has 0 aromatic heterocycles. The molecule has 0 aliphatic rings. The van der Waals surface area contributed by atoms with Gasteiger partial charge in [0.15, 0.2) is 11.5 Å². The minimum Gasteiger partial charge on any atom is -0.493 e. The van der Waals surface area contributed by atoms with E-state index in [0.717, 1.165) is 15.6 Å². The molecular formula is C16H17BrO3. The number of aliphatic hydroxyl groups is 1. The highest BCUT2D eigenvalue weighted by molar-refractivity contribution is 9.10. The Morgan fingerprint density at radius 1 is 1.00 bits per heavy atom. The third-order valence-corrected chi connectivity index (χ3v) is 4.04. The van der Waals surface area contributed by atoms with Gasteiger partial charge in [-0.15, -0.1) is 0 Å². The summed E-state index contributed by atoms with van der Waals surface area (Å²) >= 11 is 3.48. The molecule has 0 amide bonds. The topological polar surface area (TPSA) is 38.7 Å². The Labute approximate surface area is 127 Å². The van der Waals surface area contributed by atoms with Crippen molar-refractivity contribution in [1.82, 2.24) is 0 Å². The maximum absolute atomic E-state index is 10.9. The van der Waals surface area contributed by atoms with Crippen LogP contribution in [0.2, 0.25) is 0 Å². The van der Waals surface area contributed by atoms with E-state index in [4.69, 9.17) is 9.47 Å². The lowest BCUT2D eigenvalue weighted by Gasteiger charge is -2.26. The molecule has 1 N–H and O–H groups in total. The summed E-state index contributed by atoms with van der Waals surface area (Å²) in [5.41, 5.74) is 0.411. The van der Waals surface area contributed by atoms with Crippen LogP contribution in [0, 0.1) is 0 Å². The van der Waals surface area contributed by atoms with E-state index >= 15 is 0 Å². The normalized spacial score (nSPS) is 13.7. The largest absolute Gasteiger partial charge is 0.493 e. The highest BCUT2D eigenvalue weighted by Gasteiger charge is 2.28. The zero-order chi connectivity index (χ0) is 14.8. The molecule has 0 fully saturated rings. The van der Waals surface area contributed by atoms with E-state index in [1.54, 1.807) is 33.3 Å². The molecule has 20 heavy (non-hydrogen) atoms. The Balaban J connectivity index is 2.52. The van der Waals surface area contributed by atoms with Gasteiger partial charge < -0.3 is 14.6 Å². The van der Waals surface area contributed by atoms with Gasteiger partial charge in [0.25, 0.3) is 0 Å². The number of hydrogen-bond donors (Lipinski definition) is 1. The van der Waals surface area contributed by atoms with E-state index in [-0.39, 0.29) is 0 Å². The van der Waals surface area contributed by atoms with Gasteiger partial charge in [-0.05, 0) is 30.7 Å². The first-order valence-corrected chi connectivity index (χ1v) is 7.00. The molecular weight excluding hydrogens is 320 g/mol. The first kappa shape index (κ1) is 14.9. The summed E-state index contributed by atoms with van der Waals surface area (Å²) in [6.45, 7) is 1.76. The molecule has 3 nitrogen and oxygen atoms in total. The molecule has 0 aliphatic carbocycles. The summed E-state index contributed by atoms with van der Waals surface area (Å²) in [4.78, 5) is 0. The summed E-state index contributed by atoms with van der Waals surface area (Å²) in [6.07, 6.45) is 0. The molecule has 106 valence electrons. The van der Waals surface area contributed by atoms with Gasteiger partial charge in [-0.25, -0.2) is 0 Å². The predicted octanol–water partition coefficient (Wildman–Crippen LogP) is 3.72. The number of benzene rings is 2. The summed E-state index contributed by atoms with van der Waals surface area (Å²) in [7, 11) is 3.16. The van der Waals surface area contributed by atoms with Gasteiger partial charge in [0.2, 0.25) is 0 Å².